The molecule has 2 aromatic rings. The number of carbonyl (C=O) groups is 1. The van der Waals surface area contributed by atoms with Crippen molar-refractivity contribution in [3.8, 4) is 0 Å². The molecule has 1 heterocycles. The lowest BCUT2D eigenvalue weighted by Crippen LogP contribution is -2.21. The van der Waals surface area contributed by atoms with Crippen molar-refractivity contribution in [1.82, 2.24) is 5.32 Å². The summed E-state index contributed by atoms with van der Waals surface area (Å²) in [5, 5.41) is 4.19. The third-order valence-corrected chi connectivity index (χ3v) is 2.32. The number of hydrogen-bond acceptors (Lipinski definition) is 3. The van der Waals surface area contributed by atoms with Gasteiger partial charge in [-0.25, -0.2) is 0 Å². The number of rotatable bonds is 5. The zero-order valence-electron chi connectivity index (χ0n) is 8.90. The van der Waals surface area contributed by atoms with Crippen molar-refractivity contribution in [3.05, 3.63) is 36.1 Å². The monoisotopic (exact) mass is 218 g/mol. The molecular formula is C12H14N2O2. The van der Waals surface area contributed by atoms with Crippen LogP contribution in [0.25, 0.3) is 11.0 Å². The Balaban J connectivity index is 1.92. The highest BCUT2D eigenvalue weighted by atomic mass is 16.3. The van der Waals surface area contributed by atoms with Gasteiger partial charge in [-0.05, 0) is 12.1 Å². The maximum Gasteiger partial charge on any atom is 0.218 e. The Morgan fingerprint density at radius 3 is 2.94 bits per heavy atom. The number of benzene rings is 1. The van der Waals surface area contributed by atoms with Crippen LogP contribution in [0.4, 0.5) is 0 Å². The van der Waals surface area contributed by atoms with E-state index in [0.29, 0.717) is 19.5 Å². The first-order valence-corrected chi connectivity index (χ1v) is 5.22. The Kier molecular flexibility index (Phi) is 3.22. The van der Waals surface area contributed by atoms with E-state index in [1.54, 1.807) is 0 Å². The van der Waals surface area contributed by atoms with Gasteiger partial charge in [-0.1, -0.05) is 18.2 Å². The summed E-state index contributed by atoms with van der Waals surface area (Å²) in [5.74, 6) is 0.572. The minimum absolute atomic E-state index is 0.294. The average Bonchev–Trinajstić information content (AvgIpc) is 2.66. The number of hydrogen-bond donors (Lipinski definition) is 2. The second-order valence-electron chi connectivity index (χ2n) is 3.64. The van der Waals surface area contributed by atoms with Gasteiger partial charge in [0, 0.05) is 18.4 Å². The summed E-state index contributed by atoms with van der Waals surface area (Å²) in [5.41, 5.74) is 5.91. The Morgan fingerprint density at radius 2 is 2.19 bits per heavy atom. The first-order chi connectivity index (χ1) is 7.75. The number of furan rings is 1. The van der Waals surface area contributed by atoms with Crippen LogP contribution in [0.15, 0.2) is 34.7 Å². The van der Waals surface area contributed by atoms with Gasteiger partial charge in [0.2, 0.25) is 5.91 Å². The summed E-state index contributed by atoms with van der Waals surface area (Å²) in [6.45, 7) is 1.19. The van der Waals surface area contributed by atoms with Crippen molar-refractivity contribution >= 4 is 16.9 Å². The number of primary amides is 1. The van der Waals surface area contributed by atoms with Gasteiger partial charge in [0.25, 0.3) is 0 Å². The van der Waals surface area contributed by atoms with E-state index in [1.165, 1.54) is 0 Å². The summed E-state index contributed by atoms with van der Waals surface area (Å²) in [6, 6.07) is 9.85. The smallest absolute Gasteiger partial charge is 0.218 e. The molecule has 1 aromatic carbocycles. The summed E-state index contributed by atoms with van der Waals surface area (Å²) >= 11 is 0. The van der Waals surface area contributed by atoms with Crippen molar-refractivity contribution in [2.75, 3.05) is 6.54 Å². The molecule has 0 fully saturated rings. The Bertz CT molecular complexity index is 457. The molecule has 84 valence electrons. The SMILES string of the molecule is NC(=O)CCNCc1cc2ccccc2o1. The van der Waals surface area contributed by atoms with Gasteiger partial charge in [-0.2, -0.15) is 0 Å². The van der Waals surface area contributed by atoms with Gasteiger partial charge >= 0.3 is 0 Å². The van der Waals surface area contributed by atoms with Gasteiger partial charge in [0.1, 0.15) is 11.3 Å². The summed E-state index contributed by atoms with van der Waals surface area (Å²) < 4.78 is 5.60. The molecule has 1 aromatic heterocycles. The molecule has 4 nitrogen and oxygen atoms in total. The normalized spacial score (nSPS) is 10.8. The van der Waals surface area contributed by atoms with Crippen molar-refractivity contribution < 1.29 is 9.21 Å². The van der Waals surface area contributed by atoms with Gasteiger partial charge < -0.3 is 15.5 Å². The Labute approximate surface area is 93.4 Å². The first kappa shape index (κ1) is 10.7. The molecule has 0 aliphatic rings. The number of carbonyl (C=O) groups excluding carboxylic acids is 1. The zero-order valence-corrected chi connectivity index (χ0v) is 8.90. The van der Waals surface area contributed by atoms with Crippen LogP contribution in [0.2, 0.25) is 0 Å². The predicted octanol–water partition coefficient (Wildman–Crippen LogP) is 1.40. The third-order valence-electron chi connectivity index (χ3n) is 2.32. The molecule has 2 rings (SSSR count). The zero-order chi connectivity index (χ0) is 11.4. The topological polar surface area (TPSA) is 68.3 Å². The molecule has 0 spiro atoms. The molecule has 0 unspecified atom stereocenters. The van der Waals surface area contributed by atoms with E-state index in [2.05, 4.69) is 5.32 Å². The Morgan fingerprint density at radius 1 is 1.38 bits per heavy atom. The fourth-order valence-corrected chi connectivity index (χ4v) is 1.55. The maximum absolute atomic E-state index is 10.5. The summed E-state index contributed by atoms with van der Waals surface area (Å²) in [6.07, 6.45) is 0.347. The van der Waals surface area contributed by atoms with Crippen molar-refractivity contribution in [1.29, 1.82) is 0 Å². The molecular weight excluding hydrogens is 204 g/mol. The van der Waals surface area contributed by atoms with E-state index in [0.717, 1.165) is 16.7 Å². The maximum atomic E-state index is 10.5. The molecule has 0 radical (unpaired) electrons. The lowest BCUT2D eigenvalue weighted by molar-refractivity contribution is -0.117. The van der Waals surface area contributed by atoms with Crippen LogP contribution in [-0.2, 0) is 11.3 Å². The molecule has 0 aliphatic carbocycles. The lowest BCUT2D eigenvalue weighted by Gasteiger charge is -1.99. The minimum Gasteiger partial charge on any atom is -0.460 e. The van der Waals surface area contributed by atoms with E-state index < -0.39 is 0 Å². The molecule has 0 bridgehead atoms. The second-order valence-corrected chi connectivity index (χ2v) is 3.64. The largest absolute Gasteiger partial charge is 0.460 e. The Hall–Kier alpha value is -1.81. The van der Waals surface area contributed by atoms with Crippen LogP contribution in [0.1, 0.15) is 12.2 Å². The van der Waals surface area contributed by atoms with E-state index in [4.69, 9.17) is 10.2 Å². The van der Waals surface area contributed by atoms with Crippen LogP contribution in [0, 0.1) is 0 Å². The molecule has 4 heteroatoms. The van der Waals surface area contributed by atoms with E-state index >= 15 is 0 Å². The highest BCUT2D eigenvalue weighted by molar-refractivity contribution is 5.77. The van der Waals surface area contributed by atoms with Gasteiger partial charge in [-0.3, -0.25) is 4.79 Å². The quantitative estimate of drug-likeness (QED) is 0.745. The summed E-state index contributed by atoms with van der Waals surface area (Å²) in [4.78, 5) is 10.5. The van der Waals surface area contributed by atoms with Crippen molar-refractivity contribution in [3.63, 3.8) is 0 Å². The molecule has 0 saturated heterocycles. The standard InChI is InChI=1S/C12H14N2O2/c13-12(15)5-6-14-8-10-7-9-3-1-2-4-11(9)16-10/h1-4,7,14H,5-6,8H2,(H2,13,15). The number of fused-ring (bicyclic) bond motifs is 1. The summed E-state index contributed by atoms with van der Waals surface area (Å²) in [7, 11) is 0. The number of para-hydroxylation sites is 1. The van der Waals surface area contributed by atoms with Crippen LogP contribution >= 0.6 is 0 Å². The van der Waals surface area contributed by atoms with Crippen LogP contribution in [0.5, 0.6) is 0 Å². The van der Waals surface area contributed by atoms with Crippen molar-refractivity contribution in [2.24, 2.45) is 5.73 Å². The molecule has 16 heavy (non-hydrogen) atoms. The van der Waals surface area contributed by atoms with Gasteiger partial charge in [-0.15, -0.1) is 0 Å². The highest BCUT2D eigenvalue weighted by Crippen LogP contribution is 2.18. The van der Waals surface area contributed by atoms with Gasteiger partial charge in [0.15, 0.2) is 0 Å². The van der Waals surface area contributed by atoms with E-state index in [-0.39, 0.29) is 5.91 Å². The van der Waals surface area contributed by atoms with Gasteiger partial charge in [0.05, 0.1) is 6.54 Å². The third kappa shape index (κ3) is 2.61. The molecule has 0 saturated carbocycles. The molecule has 0 aliphatic heterocycles. The second kappa shape index (κ2) is 4.81. The van der Waals surface area contributed by atoms with E-state index in [9.17, 15) is 4.79 Å². The van der Waals surface area contributed by atoms with Crippen LogP contribution < -0.4 is 11.1 Å². The van der Waals surface area contributed by atoms with Crippen LogP contribution in [0.3, 0.4) is 0 Å². The van der Waals surface area contributed by atoms with Crippen molar-refractivity contribution in [2.45, 2.75) is 13.0 Å². The lowest BCUT2D eigenvalue weighted by atomic mass is 10.2. The minimum atomic E-state index is -0.294. The fourth-order valence-electron chi connectivity index (χ4n) is 1.55. The molecule has 1 amide bonds. The molecule has 3 N–H and O–H groups in total. The number of nitrogens with two attached hydrogens (primary N) is 1. The van der Waals surface area contributed by atoms with E-state index in [1.807, 2.05) is 30.3 Å². The number of amides is 1. The average molecular weight is 218 g/mol. The van der Waals surface area contributed by atoms with Crippen LogP contribution in [-0.4, -0.2) is 12.5 Å². The molecule has 0 atom stereocenters. The number of nitrogens with one attached hydrogen (secondary N) is 1. The highest BCUT2D eigenvalue weighted by Gasteiger charge is 2.02. The predicted molar refractivity (Wildman–Crippen MR) is 61.7 cm³/mol. The fraction of sp³-hybridized carbons (Fsp3) is 0.250. The first-order valence-electron chi connectivity index (χ1n) is 5.22.